The Kier molecular flexibility index (Phi) is 3.68. The average molecular weight is 360 g/mol. The van der Waals surface area contributed by atoms with E-state index in [1.807, 2.05) is 24.3 Å². The Morgan fingerprint density at radius 2 is 2.12 bits per heavy atom. The predicted molar refractivity (Wildman–Crippen MR) is 75.5 cm³/mol. The number of aromatic hydroxyl groups is 1. The molecule has 0 saturated carbocycles. The van der Waals surface area contributed by atoms with Gasteiger partial charge in [-0.15, -0.1) is 11.3 Å². The minimum absolute atomic E-state index is 0.0310. The van der Waals surface area contributed by atoms with Crippen LogP contribution in [0.1, 0.15) is 9.67 Å². The van der Waals surface area contributed by atoms with E-state index < -0.39 is 5.97 Å². The number of carbonyl (C=O) groups is 1. The zero-order valence-corrected chi connectivity index (χ0v) is 11.9. The molecule has 88 valence electrons. The van der Waals surface area contributed by atoms with Gasteiger partial charge in [0.1, 0.15) is 5.75 Å². The standard InChI is InChI=1S/C12H9IO3S/c1-16-12(15)11-9(14)6-10(17-11)7-4-2-3-5-8(7)13/h2-6,14H,1H3. The van der Waals surface area contributed by atoms with Crippen molar-refractivity contribution in [3.8, 4) is 16.2 Å². The maximum atomic E-state index is 11.4. The highest BCUT2D eigenvalue weighted by molar-refractivity contribution is 14.1. The van der Waals surface area contributed by atoms with Crippen molar-refractivity contribution in [1.82, 2.24) is 0 Å². The summed E-state index contributed by atoms with van der Waals surface area (Å²) >= 11 is 3.45. The molecule has 1 aromatic carbocycles. The van der Waals surface area contributed by atoms with Crippen molar-refractivity contribution in [1.29, 1.82) is 0 Å². The first-order valence-electron chi connectivity index (χ1n) is 4.79. The van der Waals surface area contributed by atoms with E-state index >= 15 is 0 Å². The Labute approximate surface area is 116 Å². The fourth-order valence-corrected chi connectivity index (χ4v) is 3.28. The summed E-state index contributed by atoms with van der Waals surface area (Å²) in [6, 6.07) is 9.39. The highest BCUT2D eigenvalue weighted by Crippen LogP contribution is 2.37. The maximum Gasteiger partial charge on any atom is 0.351 e. The third-order valence-corrected chi connectivity index (χ3v) is 4.30. The van der Waals surface area contributed by atoms with Crippen LogP contribution in [0.2, 0.25) is 0 Å². The Hall–Kier alpha value is -1.08. The van der Waals surface area contributed by atoms with Crippen molar-refractivity contribution in [2.75, 3.05) is 7.11 Å². The number of thiophene rings is 1. The summed E-state index contributed by atoms with van der Waals surface area (Å²) in [6.07, 6.45) is 0. The first-order valence-corrected chi connectivity index (χ1v) is 6.69. The zero-order valence-electron chi connectivity index (χ0n) is 8.94. The number of hydrogen-bond acceptors (Lipinski definition) is 4. The van der Waals surface area contributed by atoms with Crippen LogP contribution < -0.4 is 0 Å². The van der Waals surface area contributed by atoms with Gasteiger partial charge in [-0.1, -0.05) is 18.2 Å². The van der Waals surface area contributed by atoms with E-state index in [0.29, 0.717) is 0 Å². The van der Waals surface area contributed by atoms with Gasteiger partial charge in [0.2, 0.25) is 0 Å². The van der Waals surface area contributed by atoms with Crippen LogP contribution in [-0.4, -0.2) is 18.2 Å². The van der Waals surface area contributed by atoms with Gasteiger partial charge in [-0.3, -0.25) is 0 Å². The van der Waals surface area contributed by atoms with Crippen LogP contribution in [0.25, 0.3) is 10.4 Å². The molecule has 0 saturated heterocycles. The van der Waals surface area contributed by atoms with Crippen LogP contribution in [0, 0.1) is 3.57 Å². The van der Waals surface area contributed by atoms with Gasteiger partial charge in [0.25, 0.3) is 0 Å². The summed E-state index contributed by atoms with van der Waals surface area (Å²) in [4.78, 5) is 12.5. The molecule has 1 N–H and O–H groups in total. The molecule has 17 heavy (non-hydrogen) atoms. The Balaban J connectivity index is 2.49. The van der Waals surface area contributed by atoms with Crippen LogP contribution in [-0.2, 0) is 4.74 Å². The molecule has 2 rings (SSSR count). The second kappa shape index (κ2) is 5.05. The number of rotatable bonds is 2. The van der Waals surface area contributed by atoms with Crippen LogP contribution in [0.5, 0.6) is 5.75 Å². The molecule has 0 aliphatic heterocycles. The molecule has 5 heteroatoms. The number of carbonyl (C=O) groups excluding carboxylic acids is 1. The molecule has 0 amide bonds. The van der Waals surface area contributed by atoms with Crippen molar-refractivity contribution in [2.45, 2.75) is 0 Å². The topological polar surface area (TPSA) is 46.5 Å². The van der Waals surface area contributed by atoms with Crippen molar-refractivity contribution < 1.29 is 14.6 Å². The molecule has 0 fully saturated rings. The molecule has 0 atom stereocenters. The highest BCUT2D eigenvalue weighted by Gasteiger charge is 2.17. The number of hydrogen-bond donors (Lipinski definition) is 1. The smallest absolute Gasteiger partial charge is 0.351 e. The summed E-state index contributed by atoms with van der Waals surface area (Å²) in [6.45, 7) is 0. The molecule has 2 aromatic rings. The molecule has 1 heterocycles. The van der Waals surface area contributed by atoms with E-state index in [-0.39, 0.29) is 10.6 Å². The maximum absolute atomic E-state index is 11.4. The van der Waals surface area contributed by atoms with E-state index in [9.17, 15) is 9.90 Å². The molecule has 0 bridgehead atoms. The monoisotopic (exact) mass is 360 g/mol. The van der Waals surface area contributed by atoms with E-state index in [1.54, 1.807) is 6.07 Å². The lowest BCUT2D eigenvalue weighted by Gasteiger charge is -1.99. The van der Waals surface area contributed by atoms with Gasteiger partial charge >= 0.3 is 5.97 Å². The molecular weight excluding hydrogens is 351 g/mol. The van der Waals surface area contributed by atoms with Gasteiger partial charge in [0.15, 0.2) is 4.88 Å². The summed E-state index contributed by atoms with van der Waals surface area (Å²) in [7, 11) is 1.30. The minimum atomic E-state index is -0.510. The molecule has 0 spiro atoms. The normalized spacial score (nSPS) is 10.2. The number of benzene rings is 1. The second-order valence-electron chi connectivity index (χ2n) is 3.30. The molecule has 0 aliphatic rings. The van der Waals surface area contributed by atoms with Crippen LogP contribution in [0.15, 0.2) is 30.3 Å². The van der Waals surface area contributed by atoms with Gasteiger partial charge in [-0.05, 0) is 34.7 Å². The predicted octanol–water partition coefficient (Wildman–Crippen LogP) is 3.51. The summed E-state index contributed by atoms with van der Waals surface area (Å²) in [5.74, 6) is -0.541. The lowest BCUT2D eigenvalue weighted by molar-refractivity contribution is 0.0603. The van der Waals surface area contributed by atoms with Crippen LogP contribution >= 0.6 is 33.9 Å². The number of halogens is 1. The SMILES string of the molecule is COC(=O)c1sc(-c2ccccc2I)cc1O. The lowest BCUT2D eigenvalue weighted by atomic mass is 10.2. The van der Waals surface area contributed by atoms with Crippen molar-refractivity contribution in [2.24, 2.45) is 0 Å². The van der Waals surface area contributed by atoms with E-state index in [0.717, 1.165) is 14.0 Å². The quantitative estimate of drug-likeness (QED) is 0.659. The second-order valence-corrected chi connectivity index (χ2v) is 5.51. The molecule has 0 aliphatic carbocycles. The third-order valence-electron chi connectivity index (χ3n) is 2.22. The summed E-state index contributed by atoms with van der Waals surface area (Å²) in [5.41, 5.74) is 1.00. The highest BCUT2D eigenvalue weighted by atomic mass is 127. The molecule has 1 aromatic heterocycles. The van der Waals surface area contributed by atoms with Crippen molar-refractivity contribution in [3.63, 3.8) is 0 Å². The Morgan fingerprint density at radius 1 is 1.41 bits per heavy atom. The third kappa shape index (κ3) is 2.44. The van der Waals surface area contributed by atoms with E-state index in [2.05, 4.69) is 27.3 Å². The van der Waals surface area contributed by atoms with Crippen LogP contribution in [0.4, 0.5) is 0 Å². The molecule has 0 radical (unpaired) electrons. The van der Waals surface area contributed by atoms with Gasteiger partial charge in [0, 0.05) is 14.0 Å². The number of methoxy groups -OCH3 is 1. The summed E-state index contributed by atoms with van der Waals surface area (Å²) < 4.78 is 5.68. The summed E-state index contributed by atoms with van der Waals surface area (Å²) in [5, 5.41) is 9.69. The zero-order chi connectivity index (χ0) is 12.4. The van der Waals surface area contributed by atoms with Crippen LogP contribution in [0.3, 0.4) is 0 Å². The fourth-order valence-electron chi connectivity index (χ4n) is 1.41. The molecular formula is C12H9IO3S. The minimum Gasteiger partial charge on any atom is -0.506 e. The van der Waals surface area contributed by atoms with E-state index in [1.165, 1.54) is 18.4 Å². The largest absolute Gasteiger partial charge is 0.506 e. The van der Waals surface area contributed by atoms with Gasteiger partial charge < -0.3 is 9.84 Å². The number of esters is 1. The molecule has 3 nitrogen and oxygen atoms in total. The first-order chi connectivity index (χ1) is 8.13. The van der Waals surface area contributed by atoms with Crippen molar-refractivity contribution in [3.05, 3.63) is 38.8 Å². The van der Waals surface area contributed by atoms with Crippen molar-refractivity contribution >= 4 is 39.9 Å². The van der Waals surface area contributed by atoms with Gasteiger partial charge in [0.05, 0.1) is 7.11 Å². The average Bonchev–Trinajstić information content (AvgIpc) is 2.71. The Bertz CT molecular complexity index is 563. The first kappa shape index (κ1) is 12.4. The van der Waals surface area contributed by atoms with Gasteiger partial charge in [-0.2, -0.15) is 0 Å². The number of ether oxygens (including phenoxy) is 1. The van der Waals surface area contributed by atoms with Gasteiger partial charge in [-0.25, -0.2) is 4.79 Å². The lowest BCUT2D eigenvalue weighted by Crippen LogP contribution is -1.97. The molecule has 0 unspecified atom stereocenters. The van der Waals surface area contributed by atoms with E-state index in [4.69, 9.17) is 0 Å². The fraction of sp³-hybridized carbons (Fsp3) is 0.0833. The Morgan fingerprint density at radius 3 is 2.76 bits per heavy atom.